The third-order valence-electron chi connectivity index (χ3n) is 3.81. The monoisotopic (exact) mass is 327 g/mol. The summed E-state index contributed by atoms with van der Waals surface area (Å²) in [4.78, 5) is 0. The van der Waals surface area contributed by atoms with Crippen LogP contribution < -0.4 is 14.8 Å². The minimum absolute atomic E-state index is 0.737. The Hall–Kier alpha value is -2.83. The molecule has 0 aliphatic heterocycles. The largest absolute Gasteiger partial charge is 0.493 e. The standard InChI is InChI=1S/C17H21N5O2/c1-4-16-19-20-17-8-7-15(21-22(16)17)18-10-9-12-5-6-13(23-2)14(11-12)24-3/h5-8,11H,4,9-10H2,1-3H3,(H,18,21). The molecule has 1 N–H and O–H groups in total. The van der Waals surface area contributed by atoms with Gasteiger partial charge in [-0.3, -0.25) is 0 Å². The van der Waals surface area contributed by atoms with Gasteiger partial charge in [-0.15, -0.1) is 15.3 Å². The van der Waals surface area contributed by atoms with Crippen LogP contribution in [0.25, 0.3) is 5.65 Å². The molecule has 7 nitrogen and oxygen atoms in total. The van der Waals surface area contributed by atoms with E-state index in [9.17, 15) is 0 Å². The molecule has 0 spiro atoms. The van der Waals surface area contributed by atoms with E-state index in [-0.39, 0.29) is 0 Å². The summed E-state index contributed by atoms with van der Waals surface area (Å²) in [5.74, 6) is 3.14. The highest BCUT2D eigenvalue weighted by Gasteiger charge is 2.07. The van der Waals surface area contributed by atoms with Gasteiger partial charge < -0.3 is 14.8 Å². The Kier molecular flexibility index (Phi) is 4.79. The lowest BCUT2D eigenvalue weighted by Crippen LogP contribution is -2.09. The first-order valence-corrected chi connectivity index (χ1v) is 7.91. The van der Waals surface area contributed by atoms with Crippen molar-refractivity contribution >= 4 is 11.5 Å². The van der Waals surface area contributed by atoms with Crippen LogP contribution in [0.15, 0.2) is 30.3 Å². The van der Waals surface area contributed by atoms with E-state index >= 15 is 0 Å². The number of anilines is 1. The molecule has 0 bridgehead atoms. The van der Waals surface area contributed by atoms with Gasteiger partial charge in [0.1, 0.15) is 5.82 Å². The van der Waals surface area contributed by atoms with Crippen LogP contribution in [0.5, 0.6) is 11.5 Å². The molecule has 0 unspecified atom stereocenters. The predicted molar refractivity (Wildman–Crippen MR) is 91.9 cm³/mol. The summed E-state index contributed by atoms with van der Waals surface area (Å²) in [6.45, 7) is 2.80. The molecule has 2 heterocycles. The average molecular weight is 327 g/mol. The van der Waals surface area contributed by atoms with Gasteiger partial charge in [0.25, 0.3) is 0 Å². The minimum Gasteiger partial charge on any atom is -0.493 e. The Morgan fingerprint density at radius 3 is 2.62 bits per heavy atom. The number of hydrogen-bond acceptors (Lipinski definition) is 6. The molecule has 0 amide bonds. The second-order valence-corrected chi connectivity index (χ2v) is 5.32. The van der Waals surface area contributed by atoms with E-state index < -0.39 is 0 Å². The highest BCUT2D eigenvalue weighted by Crippen LogP contribution is 2.27. The maximum Gasteiger partial charge on any atom is 0.178 e. The van der Waals surface area contributed by atoms with Crippen molar-refractivity contribution in [2.45, 2.75) is 19.8 Å². The molecule has 3 rings (SSSR count). The van der Waals surface area contributed by atoms with Crippen LogP contribution >= 0.6 is 0 Å². The number of rotatable bonds is 7. The summed E-state index contributed by atoms with van der Waals surface area (Å²) < 4.78 is 12.4. The molecule has 0 aliphatic rings. The Morgan fingerprint density at radius 1 is 1.04 bits per heavy atom. The van der Waals surface area contributed by atoms with E-state index in [2.05, 4.69) is 20.6 Å². The number of aromatic nitrogens is 4. The molecule has 24 heavy (non-hydrogen) atoms. The number of aryl methyl sites for hydroxylation is 1. The van der Waals surface area contributed by atoms with Crippen molar-refractivity contribution in [1.29, 1.82) is 0 Å². The van der Waals surface area contributed by atoms with Crippen molar-refractivity contribution in [2.75, 3.05) is 26.1 Å². The summed E-state index contributed by atoms with van der Waals surface area (Å²) in [5.41, 5.74) is 1.93. The van der Waals surface area contributed by atoms with Crippen molar-refractivity contribution < 1.29 is 9.47 Å². The van der Waals surface area contributed by atoms with E-state index in [4.69, 9.17) is 9.47 Å². The van der Waals surface area contributed by atoms with Crippen molar-refractivity contribution in [3.05, 3.63) is 41.7 Å². The maximum atomic E-state index is 5.33. The van der Waals surface area contributed by atoms with E-state index in [1.165, 1.54) is 5.56 Å². The van der Waals surface area contributed by atoms with Crippen LogP contribution in [-0.4, -0.2) is 40.6 Å². The molecular weight excluding hydrogens is 306 g/mol. The Morgan fingerprint density at radius 2 is 1.88 bits per heavy atom. The fourth-order valence-electron chi connectivity index (χ4n) is 2.52. The van der Waals surface area contributed by atoms with Crippen molar-refractivity contribution in [1.82, 2.24) is 19.8 Å². The molecule has 126 valence electrons. The van der Waals surface area contributed by atoms with Gasteiger partial charge in [0, 0.05) is 13.0 Å². The van der Waals surface area contributed by atoms with Crippen LogP contribution in [0.2, 0.25) is 0 Å². The Bertz CT molecular complexity index is 831. The highest BCUT2D eigenvalue weighted by atomic mass is 16.5. The lowest BCUT2D eigenvalue weighted by atomic mass is 10.1. The second-order valence-electron chi connectivity index (χ2n) is 5.32. The van der Waals surface area contributed by atoms with E-state index in [1.54, 1.807) is 18.7 Å². The lowest BCUT2D eigenvalue weighted by Gasteiger charge is -2.10. The Balaban J connectivity index is 1.66. The van der Waals surface area contributed by atoms with Gasteiger partial charge in [-0.2, -0.15) is 4.52 Å². The molecule has 0 saturated heterocycles. The number of nitrogens with zero attached hydrogens (tertiary/aromatic N) is 4. The molecule has 0 atom stereocenters. The van der Waals surface area contributed by atoms with Gasteiger partial charge >= 0.3 is 0 Å². The first-order chi connectivity index (χ1) is 11.7. The third kappa shape index (κ3) is 3.24. The van der Waals surface area contributed by atoms with Crippen LogP contribution in [0.3, 0.4) is 0 Å². The summed E-state index contributed by atoms with van der Waals surface area (Å²) in [6, 6.07) is 9.78. The molecule has 7 heteroatoms. The number of fused-ring (bicyclic) bond motifs is 1. The zero-order valence-corrected chi connectivity index (χ0v) is 14.1. The molecule has 0 saturated carbocycles. The number of benzene rings is 1. The van der Waals surface area contributed by atoms with Gasteiger partial charge in [0.15, 0.2) is 23.0 Å². The molecule has 0 aliphatic carbocycles. The fraction of sp³-hybridized carbons (Fsp3) is 0.353. The first kappa shape index (κ1) is 16.0. The van der Waals surface area contributed by atoms with Gasteiger partial charge in [0.2, 0.25) is 0 Å². The van der Waals surface area contributed by atoms with Crippen molar-refractivity contribution in [2.24, 2.45) is 0 Å². The highest BCUT2D eigenvalue weighted by molar-refractivity contribution is 5.45. The number of ether oxygens (including phenoxy) is 2. The first-order valence-electron chi connectivity index (χ1n) is 7.91. The quantitative estimate of drug-likeness (QED) is 0.718. The predicted octanol–water partition coefficient (Wildman–Crippen LogP) is 2.36. The summed E-state index contributed by atoms with van der Waals surface area (Å²) in [5, 5.41) is 16.1. The van der Waals surface area contributed by atoms with Crippen molar-refractivity contribution in [3.63, 3.8) is 0 Å². The average Bonchev–Trinajstić information content (AvgIpc) is 3.04. The number of nitrogens with one attached hydrogen (secondary N) is 1. The van der Waals surface area contributed by atoms with Gasteiger partial charge in [-0.25, -0.2) is 0 Å². The molecule has 0 radical (unpaired) electrons. The van der Waals surface area contributed by atoms with Crippen LogP contribution in [0.1, 0.15) is 18.3 Å². The van der Waals surface area contributed by atoms with Gasteiger partial charge in [-0.1, -0.05) is 13.0 Å². The maximum absolute atomic E-state index is 5.33. The van der Waals surface area contributed by atoms with E-state index in [1.807, 2.05) is 37.3 Å². The molecule has 0 fully saturated rings. The summed E-state index contributed by atoms with van der Waals surface area (Å²) in [7, 11) is 3.28. The topological polar surface area (TPSA) is 73.6 Å². The Labute approximate surface area is 140 Å². The molecule has 3 aromatic rings. The normalized spacial score (nSPS) is 10.8. The van der Waals surface area contributed by atoms with Gasteiger partial charge in [0.05, 0.1) is 14.2 Å². The zero-order chi connectivity index (χ0) is 16.9. The van der Waals surface area contributed by atoms with E-state index in [0.717, 1.165) is 48.2 Å². The van der Waals surface area contributed by atoms with Crippen molar-refractivity contribution in [3.8, 4) is 11.5 Å². The van der Waals surface area contributed by atoms with Crippen LogP contribution in [-0.2, 0) is 12.8 Å². The zero-order valence-electron chi connectivity index (χ0n) is 14.1. The smallest absolute Gasteiger partial charge is 0.178 e. The molecule has 1 aromatic carbocycles. The lowest BCUT2D eigenvalue weighted by molar-refractivity contribution is 0.354. The number of hydrogen-bond donors (Lipinski definition) is 1. The minimum atomic E-state index is 0.737. The van der Waals surface area contributed by atoms with Crippen LogP contribution in [0.4, 0.5) is 5.82 Å². The summed E-state index contributed by atoms with van der Waals surface area (Å²) >= 11 is 0. The second kappa shape index (κ2) is 7.16. The molecular formula is C17H21N5O2. The van der Waals surface area contributed by atoms with Crippen LogP contribution in [0, 0.1) is 0 Å². The van der Waals surface area contributed by atoms with Gasteiger partial charge in [-0.05, 0) is 36.2 Å². The third-order valence-corrected chi connectivity index (χ3v) is 3.81. The SMILES string of the molecule is CCc1nnc2ccc(NCCc3ccc(OC)c(OC)c3)nn12. The fourth-order valence-corrected chi connectivity index (χ4v) is 2.52. The molecule has 2 aromatic heterocycles. The van der Waals surface area contributed by atoms with E-state index in [0.29, 0.717) is 0 Å². The number of methoxy groups -OCH3 is 2. The summed E-state index contributed by atoms with van der Waals surface area (Å²) in [6.07, 6.45) is 1.64.